The number of imidazole rings is 1. The molecule has 110 valence electrons. The Bertz CT molecular complexity index is 546. The summed E-state index contributed by atoms with van der Waals surface area (Å²) in [6.07, 6.45) is 1.86. The fourth-order valence-corrected chi connectivity index (χ4v) is 2.51. The number of para-hydroxylation sites is 2. The third-order valence-electron chi connectivity index (χ3n) is 3.64. The molecule has 1 atom stereocenters. The lowest BCUT2D eigenvalue weighted by atomic mass is 10.1. The van der Waals surface area contributed by atoms with Gasteiger partial charge in [0, 0.05) is 19.0 Å². The van der Waals surface area contributed by atoms with Crippen LogP contribution >= 0.6 is 0 Å². The SMILES string of the molecule is CCn1c(CC(CCN(C)C)NN)nc2ccccc21. The van der Waals surface area contributed by atoms with E-state index in [9.17, 15) is 0 Å². The van der Waals surface area contributed by atoms with Crippen molar-refractivity contribution in [3.05, 3.63) is 30.1 Å². The highest BCUT2D eigenvalue weighted by Crippen LogP contribution is 2.17. The fraction of sp³-hybridized carbons (Fsp3) is 0.533. The molecule has 5 heteroatoms. The normalized spacial score (nSPS) is 13.2. The van der Waals surface area contributed by atoms with Crippen LogP contribution in [0.1, 0.15) is 19.2 Å². The van der Waals surface area contributed by atoms with E-state index in [1.54, 1.807) is 0 Å². The Hall–Kier alpha value is -1.43. The van der Waals surface area contributed by atoms with Gasteiger partial charge in [0.25, 0.3) is 0 Å². The molecule has 20 heavy (non-hydrogen) atoms. The number of aryl methyl sites for hydroxylation is 1. The van der Waals surface area contributed by atoms with E-state index >= 15 is 0 Å². The fourth-order valence-electron chi connectivity index (χ4n) is 2.51. The Morgan fingerprint density at radius 3 is 2.75 bits per heavy atom. The van der Waals surface area contributed by atoms with Gasteiger partial charge in [0.15, 0.2) is 0 Å². The number of rotatable bonds is 7. The van der Waals surface area contributed by atoms with Gasteiger partial charge < -0.3 is 9.47 Å². The molecule has 2 rings (SSSR count). The van der Waals surface area contributed by atoms with Crippen molar-refractivity contribution >= 4 is 11.0 Å². The Labute approximate surface area is 120 Å². The number of nitrogens with one attached hydrogen (secondary N) is 1. The summed E-state index contributed by atoms with van der Waals surface area (Å²) in [5, 5.41) is 0. The summed E-state index contributed by atoms with van der Waals surface area (Å²) in [6.45, 7) is 4.10. The standard InChI is InChI=1S/C15H25N5/c1-4-20-14-8-6-5-7-13(14)17-15(20)11-12(18-16)9-10-19(2)3/h5-8,12,18H,4,9-11,16H2,1-3H3. The minimum atomic E-state index is 0.250. The van der Waals surface area contributed by atoms with Gasteiger partial charge in [-0.05, 0) is 46.1 Å². The Kier molecular flexibility index (Phi) is 5.11. The number of hydrogen-bond donors (Lipinski definition) is 2. The highest BCUT2D eigenvalue weighted by molar-refractivity contribution is 5.75. The number of fused-ring (bicyclic) bond motifs is 1. The lowest BCUT2D eigenvalue weighted by Crippen LogP contribution is -2.39. The molecule has 1 unspecified atom stereocenters. The van der Waals surface area contributed by atoms with Crippen molar-refractivity contribution in [3.63, 3.8) is 0 Å². The van der Waals surface area contributed by atoms with Crippen LogP contribution in [0.25, 0.3) is 11.0 Å². The second kappa shape index (κ2) is 6.83. The third kappa shape index (κ3) is 3.36. The average molecular weight is 275 g/mol. The summed E-state index contributed by atoms with van der Waals surface area (Å²) in [6, 6.07) is 8.53. The summed E-state index contributed by atoms with van der Waals surface area (Å²) < 4.78 is 2.27. The van der Waals surface area contributed by atoms with Crippen LogP contribution in [0.3, 0.4) is 0 Å². The van der Waals surface area contributed by atoms with Crippen LogP contribution in [-0.4, -0.2) is 41.1 Å². The molecule has 1 heterocycles. The highest BCUT2D eigenvalue weighted by atomic mass is 15.2. The van der Waals surface area contributed by atoms with Crippen LogP contribution in [0.4, 0.5) is 0 Å². The van der Waals surface area contributed by atoms with Gasteiger partial charge in [0.2, 0.25) is 0 Å². The minimum absolute atomic E-state index is 0.250. The summed E-state index contributed by atoms with van der Waals surface area (Å²) >= 11 is 0. The molecule has 0 saturated carbocycles. The molecule has 1 aromatic carbocycles. The van der Waals surface area contributed by atoms with E-state index in [2.05, 4.69) is 54.1 Å². The predicted octanol–water partition coefficient (Wildman–Crippen LogP) is 1.38. The lowest BCUT2D eigenvalue weighted by molar-refractivity contribution is 0.355. The van der Waals surface area contributed by atoms with Crippen molar-refractivity contribution in [3.8, 4) is 0 Å². The quantitative estimate of drug-likeness (QED) is 0.592. The molecule has 0 aliphatic heterocycles. The maximum absolute atomic E-state index is 5.69. The van der Waals surface area contributed by atoms with Crippen LogP contribution in [0, 0.1) is 0 Å². The van der Waals surface area contributed by atoms with E-state index in [1.807, 2.05) is 6.07 Å². The van der Waals surface area contributed by atoms with E-state index in [1.165, 1.54) is 5.52 Å². The van der Waals surface area contributed by atoms with Gasteiger partial charge >= 0.3 is 0 Å². The third-order valence-corrected chi connectivity index (χ3v) is 3.64. The molecule has 1 aromatic heterocycles. The van der Waals surface area contributed by atoms with Crippen LogP contribution in [0.15, 0.2) is 24.3 Å². The first-order chi connectivity index (χ1) is 9.65. The van der Waals surface area contributed by atoms with Crippen molar-refractivity contribution < 1.29 is 0 Å². The zero-order chi connectivity index (χ0) is 14.5. The number of hydrazine groups is 1. The van der Waals surface area contributed by atoms with Gasteiger partial charge in [-0.15, -0.1) is 0 Å². The molecule has 5 nitrogen and oxygen atoms in total. The predicted molar refractivity (Wildman–Crippen MR) is 83.4 cm³/mol. The average Bonchev–Trinajstić information content (AvgIpc) is 2.80. The monoisotopic (exact) mass is 275 g/mol. The largest absolute Gasteiger partial charge is 0.328 e. The van der Waals surface area contributed by atoms with Gasteiger partial charge in [0.1, 0.15) is 5.82 Å². The lowest BCUT2D eigenvalue weighted by Gasteiger charge is -2.18. The van der Waals surface area contributed by atoms with Gasteiger partial charge in [-0.1, -0.05) is 12.1 Å². The summed E-state index contributed by atoms with van der Waals surface area (Å²) in [5.41, 5.74) is 5.19. The second-order valence-corrected chi connectivity index (χ2v) is 5.42. The number of nitrogens with two attached hydrogens (primary N) is 1. The second-order valence-electron chi connectivity index (χ2n) is 5.42. The zero-order valence-electron chi connectivity index (χ0n) is 12.6. The first-order valence-corrected chi connectivity index (χ1v) is 7.20. The van der Waals surface area contributed by atoms with Crippen molar-refractivity contribution in [2.45, 2.75) is 32.4 Å². The van der Waals surface area contributed by atoms with Crippen molar-refractivity contribution in [2.75, 3.05) is 20.6 Å². The van der Waals surface area contributed by atoms with Gasteiger partial charge in [0.05, 0.1) is 11.0 Å². The minimum Gasteiger partial charge on any atom is -0.328 e. The van der Waals surface area contributed by atoms with E-state index in [-0.39, 0.29) is 6.04 Å². The van der Waals surface area contributed by atoms with Crippen molar-refractivity contribution in [1.82, 2.24) is 19.9 Å². The molecule has 2 aromatic rings. The zero-order valence-corrected chi connectivity index (χ0v) is 12.6. The Morgan fingerprint density at radius 1 is 1.35 bits per heavy atom. The Balaban J connectivity index is 2.19. The van der Waals surface area contributed by atoms with Crippen LogP contribution in [0.2, 0.25) is 0 Å². The molecule has 0 aliphatic carbocycles. The van der Waals surface area contributed by atoms with E-state index < -0.39 is 0 Å². The number of nitrogens with zero attached hydrogens (tertiary/aromatic N) is 3. The molecule has 0 radical (unpaired) electrons. The molecular weight excluding hydrogens is 250 g/mol. The van der Waals surface area contributed by atoms with Gasteiger partial charge in [-0.25, -0.2) is 4.98 Å². The number of aromatic nitrogens is 2. The first kappa shape index (κ1) is 15.0. The summed E-state index contributed by atoms with van der Waals surface area (Å²) in [7, 11) is 4.16. The maximum Gasteiger partial charge on any atom is 0.111 e. The smallest absolute Gasteiger partial charge is 0.111 e. The summed E-state index contributed by atoms with van der Waals surface area (Å²) in [4.78, 5) is 6.93. The number of hydrogen-bond acceptors (Lipinski definition) is 4. The molecule has 0 aliphatic rings. The van der Waals surface area contributed by atoms with Crippen LogP contribution in [-0.2, 0) is 13.0 Å². The van der Waals surface area contributed by atoms with E-state index in [4.69, 9.17) is 10.8 Å². The van der Waals surface area contributed by atoms with E-state index in [0.29, 0.717) is 0 Å². The first-order valence-electron chi connectivity index (χ1n) is 7.20. The topological polar surface area (TPSA) is 59.1 Å². The van der Waals surface area contributed by atoms with Gasteiger partial charge in [-0.2, -0.15) is 0 Å². The molecule has 0 amide bonds. The van der Waals surface area contributed by atoms with Crippen LogP contribution < -0.4 is 11.3 Å². The molecule has 0 saturated heterocycles. The molecule has 0 spiro atoms. The van der Waals surface area contributed by atoms with Gasteiger partial charge in [-0.3, -0.25) is 11.3 Å². The summed E-state index contributed by atoms with van der Waals surface area (Å²) in [5.74, 6) is 6.79. The van der Waals surface area contributed by atoms with Crippen molar-refractivity contribution in [1.29, 1.82) is 0 Å². The maximum atomic E-state index is 5.69. The van der Waals surface area contributed by atoms with Crippen LogP contribution in [0.5, 0.6) is 0 Å². The molecule has 0 fully saturated rings. The Morgan fingerprint density at radius 2 is 2.10 bits per heavy atom. The van der Waals surface area contributed by atoms with E-state index in [0.717, 1.165) is 37.3 Å². The number of benzene rings is 1. The van der Waals surface area contributed by atoms with Crippen molar-refractivity contribution in [2.24, 2.45) is 5.84 Å². The molecular formula is C15H25N5. The highest BCUT2D eigenvalue weighted by Gasteiger charge is 2.14. The molecule has 3 N–H and O–H groups in total. The molecule has 0 bridgehead atoms.